The monoisotopic (exact) mass is 286 g/mol. The summed E-state index contributed by atoms with van der Waals surface area (Å²) in [6.07, 6.45) is 3.91. The molecule has 4 nitrogen and oxygen atoms in total. The summed E-state index contributed by atoms with van der Waals surface area (Å²) >= 11 is 5.94. The molecule has 1 aromatic rings. The van der Waals surface area contributed by atoms with E-state index < -0.39 is 5.60 Å². The van der Waals surface area contributed by atoms with E-state index in [2.05, 4.69) is 5.32 Å². The second-order valence-corrected chi connectivity index (χ2v) is 5.29. The summed E-state index contributed by atoms with van der Waals surface area (Å²) < 4.78 is 1.84. The zero-order valence-electron chi connectivity index (χ0n) is 11.9. The number of halogens is 1. The number of carbonyl (C=O) groups is 1. The predicted molar refractivity (Wildman–Crippen MR) is 77.6 cm³/mol. The third-order valence-electron chi connectivity index (χ3n) is 3.45. The van der Waals surface area contributed by atoms with Gasteiger partial charge in [-0.2, -0.15) is 0 Å². The highest BCUT2D eigenvalue weighted by molar-refractivity contribution is 6.31. The van der Waals surface area contributed by atoms with Crippen LogP contribution >= 0.6 is 11.6 Å². The van der Waals surface area contributed by atoms with Crippen molar-refractivity contribution in [3.63, 3.8) is 0 Å². The molecule has 19 heavy (non-hydrogen) atoms. The van der Waals surface area contributed by atoms with Crippen LogP contribution in [0.25, 0.3) is 0 Å². The number of aliphatic hydroxyl groups is 1. The summed E-state index contributed by atoms with van der Waals surface area (Å²) in [5.41, 5.74) is -0.289. The van der Waals surface area contributed by atoms with Crippen LogP contribution in [0.5, 0.6) is 0 Å². The summed E-state index contributed by atoms with van der Waals surface area (Å²) in [7, 11) is 0. The van der Waals surface area contributed by atoms with Crippen LogP contribution in [0.2, 0.25) is 5.02 Å². The molecule has 1 heterocycles. The van der Waals surface area contributed by atoms with E-state index in [-0.39, 0.29) is 12.5 Å². The molecule has 2 N–H and O–H groups in total. The number of amides is 1. The molecule has 0 aliphatic carbocycles. The highest BCUT2D eigenvalue weighted by atomic mass is 35.5. The Labute approximate surface area is 119 Å². The molecular formula is C14H23ClN2O2. The van der Waals surface area contributed by atoms with E-state index in [0.29, 0.717) is 23.6 Å². The van der Waals surface area contributed by atoms with Crippen LogP contribution in [0.15, 0.2) is 12.3 Å². The zero-order chi connectivity index (χ0) is 14.5. The average molecular weight is 287 g/mol. The number of nitrogens with one attached hydrogen (secondary N) is 1. The van der Waals surface area contributed by atoms with Crippen LogP contribution in [-0.2, 0) is 6.54 Å². The lowest BCUT2D eigenvalue weighted by atomic mass is 9.97. The van der Waals surface area contributed by atoms with Crippen LogP contribution in [0.3, 0.4) is 0 Å². The van der Waals surface area contributed by atoms with Crippen LogP contribution in [0, 0.1) is 0 Å². The van der Waals surface area contributed by atoms with Gasteiger partial charge in [-0.3, -0.25) is 4.79 Å². The molecule has 0 spiro atoms. The third kappa shape index (κ3) is 4.25. The number of aromatic nitrogens is 1. The number of hydrogen-bond acceptors (Lipinski definition) is 2. The number of carbonyl (C=O) groups excluding carboxylic acids is 1. The van der Waals surface area contributed by atoms with Crippen molar-refractivity contribution < 1.29 is 9.90 Å². The van der Waals surface area contributed by atoms with Gasteiger partial charge in [0, 0.05) is 19.3 Å². The molecule has 0 atom stereocenters. The quantitative estimate of drug-likeness (QED) is 0.810. The van der Waals surface area contributed by atoms with E-state index >= 15 is 0 Å². The smallest absolute Gasteiger partial charge is 0.268 e. The Bertz CT molecular complexity index is 425. The lowest BCUT2D eigenvalue weighted by molar-refractivity contribution is 0.0312. The number of hydrogen-bond donors (Lipinski definition) is 2. The predicted octanol–water partition coefficient (Wildman–Crippen LogP) is 2.83. The first kappa shape index (κ1) is 16.1. The molecule has 0 aromatic carbocycles. The van der Waals surface area contributed by atoms with E-state index in [1.54, 1.807) is 12.3 Å². The lowest BCUT2D eigenvalue weighted by Crippen LogP contribution is -2.42. The Hall–Kier alpha value is -1.00. The molecule has 0 aliphatic rings. The molecule has 0 radical (unpaired) electrons. The van der Waals surface area contributed by atoms with Crippen LogP contribution < -0.4 is 5.32 Å². The van der Waals surface area contributed by atoms with Crippen LogP contribution in [-0.4, -0.2) is 27.7 Å². The summed E-state index contributed by atoms with van der Waals surface area (Å²) in [6.45, 7) is 6.87. The van der Waals surface area contributed by atoms with Crippen molar-refractivity contribution in [2.45, 2.75) is 52.2 Å². The highest BCUT2D eigenvalue weighted by Crippen LogP contribution is 2.16. The minimum absolute atomic E-state index is 0.194. The van der Waals surface area contributed by atoms with Crippen LogP contribution in [0.4, 0.5) is 0 Å². The van der Waals surface area contributed by atoms with Gasteiger partial charge in [0.1, 0.15) is 5.69 Å². The van der Waals surface area contributed by atoms with Gasteiger partial charge in [-0.05, 0) is 25.3 Å². The minimum Gasteiger partial charge on any atom is -0.388 e. The maximum absolute atomic E-state index is 12.1. The van der Waals surface area contributed by atoms with Crippen molar-refractivity contribution in [3.05, 3.63) is 23.0 Å². The fourth-order valence-electron chi connectivity index (χ4n) is 1.93. The first-order valence-electron chi connectivity index (χ1n) is 6.82. The van der Waals surface area contributed by atoms with Gasteiger partial charge in [-0.25, -0.2) is 0 Å². The molecule has 1 rings (SSSR count). The first-order valence-corrected chi connectivity index (χ1v) is 7.19. The molecule has 0 aliphatic heterocycles. The van der Waals surface area contributed by atoms with Crippen molar-refractivity contribution in [1.82, 2.24) is 9.88 Å². The second-order valence-electron chi connectivity index (χ2n) is 4.85. The van der Waals surface area contributed by atoms with E-state index in [9.17, 15) is 9.90 Å². The molecule has 108 valence electrons. The fourth-order valence-corrected chi connectivity index (χ4v) is 2.15. The van der Waals surface area contributed by atoms with E-state index in [1.807, 2.05) is 25.3 Å². The molecule has 0 saturated heterocycles. The van der Waals surface area contributed by atoms with Crippen molar-refractivity contribution >= 4 is 17.5 Å². The number of rotatable bonds is 7. The largest absolute Gasteiger partial charge is 0.388 e. The van der Waals surface area contributed by atoms with E-state index in [4.69, 9.17) is 11.6 Å². The van der Waals surface area contributed by atoms with Gasteiger partial charge in [0.05, 0.1) is 10.6 Å². The fraction of sp³-hybridized carbons (Fsp3) is 0.643. The van der Waals surface area contributed by atoms with Gasteiger partial charge in [0.25, 0.3) is 5.91 Å². The topological polar surface area (TPSA) is 54.3 Å². The second kappa shape index (κ2) is 6.96. The average Bonchev–Trinajstić information content (AvgIpc) is 2.77. The molecular weight excluding hydrogens is 264 g/mol. The zero-order valence-corrected chi connectivity index (χ0v) is 12.6. The van der Waals surface area contributed by atoms with Crippen molar-refractivity contribution in [2.75, 3.05) is 6.54 Å². The molecule has 0 bridgehead atoms. The van der Waals surface area contributed by atoms with Crippen molar-refractivity contribution in [3.8, 4) is 0 Å². The standard InChI is InChI=1S/C14H23ClN2O2/c1-4-7-17-9-11(15)8-12(17)13(18)16-10-14(19,5-2)6-3/h8-9,19H,4-7,10H2,1-3H3,(H,16,18). The Morgan fingerprint density at radius 1 is 1.42 bits per heavy atom. The SMILES string of the molecule is CCCn1cc(Cl)cc1C(=O)NCC(O)(CC)CC. The minimum atomic E-state index is -0.832. The van der Waals surface area contributed by atoms with Gasteiger partial charge in [0.15, 0.2) is 0 Å². The number of aryl methyl sites for hydroxylation is 1. The van der Waals surface area contributed by atoms with Crippen molar-refractivity contribution in [2.24, 2.45) is 0 Å². The Morgan fingerprint density at radius 2 is 2.05 bits per heavy atom. The molecule has 0 unspecified atom stereocenters. The molecule has 1 amide bonds. The van der Waals surface area contributed by atoms with E-state index in [0.717, 1.165) is 13.0 Å². The summed E-state index contributed by atoms with van der Waals surface area (Å²) in [5, 5.41) is 13.5. The molecule has 0 saturated carbocycles. The third-order valence-corrected chi connectivity index (χ3v) is 3.66. The summed E-state index contributed by atoms with van der Waals surface area (Å²) in [4.78, 5) is 12.1. The lowest BCUT2D eigenvalue weighted by Gasteiger charge is -2.25. The maximum Gasteiger partial charge on any atom is 0.268 e. The van der Waals surface area contributed by atoms with Gasteiger partial charge in [-0.15, -0.1) is 0 Å². The molecule has 1 aromatic heterocycles. The van der Waals surface area contributed by atoms with Crippen LogP contribution in [0.1, 0.15) is 50.5 Å². The van der Waals surface area contributed by atoms with Gasteiger partial charge >= 0.3 is 0 Å². The normalized spacial score (nSPS) is 11.6. The first-order chi connectivity index (χ1) is 8.95. The Balaban J connectivity index is 2.73. The summed E-state index contributed by atoms with van der Waals surface area (Å²) in [5.74, 6) is -0.194. The molecule has 5 heteroatoms. The summed E-state index contributed by atoms with van der Waals surface area (Å²) in [6, 6.07) is 1.66. The Morgan fingerprint density at radius 3 is 2.58 bits per heavy atom. The van der Waals surface area contributed by atoms with Gasteiger partial charge in [-0.1, -0.05) is 32.4 Å². The highest BCUT2D eigenvalue weighted by Gasteiger charge is 2.23. The Kier molecular flexibility index (Phi) is 5.88. The number of nitrogens with zero attached hydrogens (tertiary/aromatic N) is 1. The van der Waals surface area contributed by atoms with E-state index in [1.165, 1.54) is 0 Å². The maximum atomic E-state index is 12.1. The van der Waals surface area contributed by atoms with Gasteiger partial charge < -0.3 is 15.0 Å². The molecule has 0 fully saturated rings. The van der Waals surface area contributed by atoms with Crippen molar-refractivity contribution in [1.29, 1.82) is 0 Å². The van der Waals surface area contributed by atoms with Gasteiger partial charge in [0.2, 0.25) is 0 Å².